The van der Waals surface area contributed by atoms with Crippen LogP contribution in [-0.2, 0) is 4.79 Å². The van der Waals surface area contributed by atoms with Crippen molar-refractivity contribution in [3.05, 3.63) is 0 Å². The van der Waals surface area contributed by atoms with Crippen molar-refractivity contribution in [2.45, 2.75) is 64.8 Å². The van der Waals surface area contributed by atoms with E-state index in [1.165, 1.54) is 19.3 Å². The van der Waals surface area contributed by atoms with Gasteiger partial charge in [-0.05, 0) is 61.7 Å². The highest BCUT2D eigenvalue weighted by atomic mass is 16.2. The average molecular weight is 290 g/mol. The molecule has 2 N–H and O–H groups in total. The highest BCUT2D eigenvalue weighted by molar-refractivity contribution is 5.84. The summed E-state index contributed by atoms with van der Waals surface area (Å²) in [6.07, 6.45) is 7.58. The molecule has 5 aliphatic rings. The number of amides is 1. The average Bonchev–Trinajstić information content (AvgIpc) is 2.30. The lowest BCUT2D eigenvalue weighted by Crippen LogP contribution is -2.73. The van der Waals surface area contributed by atoms with Crippen LogP contribution in [0.4, 0.5) is 0 Å². The third-order valence-corrected chi connectivity index (χ3v) is 7.21. The molecule has 118 valence electrons. The predicted octanol–water partition coefficient (Wildman–Crippen LogP) is 2.79. The molecule has 0 radical (unpaired) electrons. The van der Waals surface area contributed by atoms with Gasteiger partial charge in [-0.3, -0.25) is 4.79 Å². The summed E-state index contributed by atoms with van der Waals surface area (Å²) in [4.78, 5) is 15.3. The second-order valence-electron chi connectivity index (χ2n) is 9.60. The summed E-state index contributed by atoms with van der Waals surface area (Å²) in [7, 11) is 0. The van der Waals surface area contributed by atoms with Crippen LogP contribution in [0.3, 0.4) is 0 Å². The molecule has 0 aromatic heterocycles. The molecule has 0 aromatic rings. The molecule has 1 aliphatic heterocycles. The quantitative estimate of drug-likeness (QED) is 0.850. The van der Waals surface area contributed by atoms with Gasteiger partial charge in [0.15, 0.2) is 0 Å². The summed E-state index contributed by atoms with van der Waals surface area (Å²) in [6, 6.07) is 0. The fraction of sp³-hybridized carbons (Fsp3) is 0.944. The largest absolute Gasteiger partial charge is 0.338 e. The third kappa shape index (κ3) is 1.92. The Morgan fingerprint density at radius 1 is 1.14 bits per heavy atom. The Labute approximate surface area is 128 Å². The van der Waals surface area contributed by atoms with Crippen LogP contribution in [0.5, 0.6) is 0 Å². The Morgan fingerprint density at radius 2 is 1.71 bits per heavy atom. The molecule has 21 heavy (non-hydrogen) atoms. The van der Waals surface area contributed by atoms with E-state index in [9.17, 15) is 4.79 Å². The zero-order chi connectivity index (χ0) is 15.0. The summed E-state index contributed by atoms with van der Waals surface area (Å²) in [5.41, 5.74) is 6.69. The lowest BCUT2D eigenvalue weighted by atomic mass is 9.44. The molecule has 4 bridgehead atoms. The normalized spacial score (nSPS) is 46.8. The molecule has 4 saturated carbocycles. The molecular formula is C18H30N2O. The van der Waals surface area contributed by atoms with Crippen molar-refractivity contribution in [2.24, 2.45) is 34.3 Å². The Kier molecular flexibility index (Phi) is 2.70. The molecule has 2 atom stereocenters. The van der Waals surface area contributed by atoms with Crippen molar-refractivity contribution in [2.75, 3.05) is 13.1 Å². The minimum atomic E-state index is -0.137. The fourth-order valence-electron chi connectivity index (χ4n) is 6.48. The van der Waals surface area contributed by atoms with Crippen LogP contribution in [0.2, 0.25) is 0 Å². The van der Waals surface area contributed by atoms with Crippen LogP contribution in [0.25, 0.3) is 0 Å². The van der Waals surface area contributed by atoms with Gasteiger partial charge < -0.3 is 10.6 Å². The molecule has 3 heteroatoms. The molecule has 4 aliphatic carbocycles. The van der Waals surface area contributed by atoms with Crippen LogP contribution < -0.4 is 5.73 Å². The maximum atomic E-state index is 13.2. The molecule has 2 unspecified atom stereocenters. The molecule has 1 heterocycles. The topological polar surface area (TPSA) is 46.3 Å². The Balaban J connectivity index is 1.53. The molecule has 5 fully saturated rings. The van der Waals surface area contributed by atoms with Crippen LogP contribution in [0, 0.1) is 28.6 Å². The minimum absolute atomic E-state index is 0.0167. The standard InChI is InChI=1S/C18H30N2O/c1-12(2)18(19)10-20(11-18)15(21)17-7-13-4-14(8-17)6-16(3,5-13)9-17/h12-14H,4-11,19H2,1-3H3. The van der Waals surface area contributed by atoms with Gasteiger partial charge in [0.05, 0.1) is 11.0 Å². The summed E-state index contributed by atoms with van der Waals surface area (Å²) in [5, 5.41) is 0. The summed E-state index contributed by atoms with van der Waals surface area (Å²) in [5.74, 6) is 2.53. The predicted molar refractivity (Wildman–Crippen MR) is 83.6 cm³/mol. The van der Waals surface area contributed by atoms with Crippen molar-refractivity contribution >= 4 is 5.91 Å². The third-order valence-electron chi connectivity index (χ3n) is 7.21. The van der Waals surface area contributed by atoms with E-state index < -0.39 is 0 Å². The molecular weight excluding hydrogens is 260 g/mol. The second-order valence-corrected chi connectivity index (χ2v) is 9.60. The molecule has 0 aromatic carbocycles. The van der Waals surface area contributed by atoms with Crippen molar-refractivity contribution in [1.29, 1.82) is 0 Å². The van der Waals surface area contributed by atoms with Crippen LogP contribution in [-0.4, -0.2) is 29.4 Å². The van der Waals surface area contributed by atoms with Crippen LogP contribution in [0.1, 0.15) is 59.3 Å². The van der Waals surface area contributed by atoms with Gasteiger partial charge in [0.2, 0.25) is 5.91 Å². The summed E-state index contributed by atoms with van der Waals surface area (Å²) in [6.45, 7) is 8.33. The molecule has 3 nitrogen and oxygen atoms in total. The van der Waals surface area contributed by atoms with E-state index in [1.807, 2.05) is 0 Å². The van der Waals surface area contributed by atoms with Gasteiger partial charge in [-0.1, -0.05) is 20.8 Å². The first-order valence-corrected chi connectivity index (χ1v) is 8.82. The summed E-state index contributed by atoms with van der Waals surface area (Å²) < 4.78 is 0. The smallest absolute Gasteiger partial charge is 0.228 e. The van der Waals surface area contributed by atoms with Gasteiger partial charge in [-0.25, -0.2) is 0 Å². The van der Waals surface area contributed by atoms with Crippen LogP contribution in [0.15, 0.2) is 0 Å². The first-order chi connectivity index (χ1) is 9.74. The number of hydrogen-bond donors (Lipinski definition) is 1. The Morgan fingerprint density at radius 3 is 2.19 bits per heavy atom. The second kappa shape index (κ2) is 4.04. The van der Waals surface area contributed by atoms with E-state index >= 15 is 0 Å². The minimum Gasteiger partial charge on any atom is -0.338 e. The zero-order valence-corrected chi connectivity index (χ0v) is 13.8. The van der Waals surface area contributed by atoms with E-state index in [0.29, 0.717) is 17.2 Å². The molecule has 0 spiro atoms. The molecule has 5 rings (SSSR count). The number of nitrogens with zero attached hydrogens (tertiary/aromatic N) is 1. The van der Waals surface area contributed by atoms with Crippen molar-refractivity contribution < 1.29 is 4.79 Å². The first kappa shape index (κ1) is 14.0. The number of likely N-dealkylation sites (tertiary alicyclic amines) is 1. The lowest BCUT2D eigenvalue weighted by molar-refractivity contribution is -0.174. The number of hydrogen-bond acceptors (Lipinski definition) is 2. The van der Waals surface area contributed by atoms with Crippen molar-refractivity contribution in [1.82, 2.24) is 4.90 Å². The highest BCUT2D eigenvalue weighted by Gasteiger charge is 2.61. The number of nitrogens with two attached hydrogens (primary N) is 1. The van der Waals surface area contributed by atoms with Gasteiger partial charge in [-0.15, -0.1) is 0 Å². The zero-order valence-electron chi connectivity index (χ0n) is 13.8. The first-order valence-electron chi connectivity index (χ1n) is 8.82. The van der Waals surface area contributed by atoms with Crippen molar-refractivity contribution in [3.8, 4) is 0 Å². The van der Waals surface area contributed by atoms with E-state index in [4.69, 9.17) is 5.73 Å². The van der Waals surface area contributed by atoms with Crippen LogP contribution >= 0.6 is 0 Å². The molecule has 1 saturated heterocycles. The van der Waals surface area contributed by atoms with Crippen molar-refractivity contribution in [3.63, 3.8) is 0 Å². The molecule has 1 amide bonds. The number of carbonyl (C=O) groups excluding carboxylic acids is 1. The van der Waals surface area contributed by atoms with E-state index in [2.05, 4.69) is 25.7 Å². The van der Waals surface area contributed by atoms with E-state index in [0.717, 1.165) is 44.2 Å². The monoisotopic (exact) mass is 290 g/mol. The van der Waals surface area contributed by atoms with Gasteiger partial charge in [-0.2, -0.15) is 0 Å². The van der Waals surface area contributed by atoms with Gasteiger partial charge in [0.25, 0.3) is 0 Å². The SMILES string of the molecule is CC(C)C1(N)CN(C(=O)C23CC4CC(CC(C)(C4)C2)C3)C1. The van der Waals surface area contributed by atoms with Gasteiger partial charge >= 0.3 is 0 Å². The van der Waals surface area contributed by atoms with Gasteiger partial charge in [0, 0.05) is 13.1 Å². The maximum absolute atomic E-state index is 13.2. The Hall–Kier alpha value is -0.570. The fourth-order valence-corrected chi connectivity index (χ4v) is 6.48. The number of carbonyl (C=O) groups is 1. The lowest BCUT2D eigenvalue weighted by Gasteiger charge is -2.62. The van der Waals surface area contributed by atoms with E-state index in [-0.39, 0.29) is 11.0 Å². The number of rotatable bonds is 2. The summed E-state index contributed by atoms with van der Waals surface area (Å²) >= 11 is 0. The van der Waals surface area contributed by atoms with E-state index in [1.54, 1.807) is 0 Å². The maximum Gasteiger partial charge on any atom is 0.228 e. The highest BCUT2D eigenvalue weighted by Crippen LogP contribution is 2.65. The Bertz CT molecular complexity index is 464. The van der Waals surface area contributed by atoms with Gasteiger partial charge in [0.1, 0.15) is 0 Å².